The van der Waals surface area contributed by atoms with E-state index in [4.69, 9.17) is 35.8 Å². The maximum Gasteiger partial charge on any atom is 0.306 e. The first kappa shape index (κ1) is 32.8. The lowest BCUT2D eigenvalue weighted by Gasteiger charge is -2.28. The number of aldehydes is 1. The van der Waals surface area contributed by atoms with Crippen molar-refractivity contribution in [3.63, 3.8) is 0 Å². The molecule has 0 spiro atoms. The predicted molar refractivity (Wildman–Crippen MR) is 181 cm³/mol. The smallest absolute Gasteiger partial charge is 0.306 e. The maximum absolute atomic E-state index is 12.0. The Morgan fingerprint density at radius 3 is 2.24 bits per heavy atom. The molecule has 0 saturated heterocycles. The highest BCUT2D eigenvalue weighted by Crippen LogP contribution is 2.35. The normalized spacial score (nSPS) is 16.9. The van der Waals surface area contributed by atoms with E-state index >= 15 is 0 Å². The Labute approximate surface area is 271 Å². The van der Waals surface area contributed by atoms with E-state index in [9.17, 15) is 9.59 Å². The van der Waals surface area contributed by atoms with Crippen molar-refractivity contribution in [2.24, 2.45) is 5.92 Å². The summed E-state index contributed by atoms with van der Waals surface area (Å²) in [6, 6.07) is 18.9. The largest absolute Gasteiger partial charge is 0.466 e. The number of rotatable bonds is 13. The molecule has 1 fully saturated rings. The highest BCUT2D eigenvalue weighted by atomic mass is 35.5. The first-order chi connectivity index (χ1) is 21.6. The average Bonchev–Trinajstić information content (AvgIpc) is 3.35. The Morgan fingerprint density at radius 2 is 1.62 bits per heavy atom. The average molecular weight is 648 g/mol. The lowest BCUT2D eigenvalue weighted by molar-refractivity contribution is -0.144. The molecule has 0 amide bonds. The zero-order valence-corrected chi connectivity index (χ0v) is 28.3. The molecule has 1 aliphatic rings. The molecule has 0 aliphatic heterocycles. The number of ether oxygens (including phenoxy) is 3. The molecule has 8 nitrogen and oxygen atoms in total. The summed E-state index contributed by atoms with van der Waals surface area (Å²) in [6.45, 7) is 10.2. The van der Waals surface area contributed by atoms with Gasteiger partial charge in [0.05, 0.1) is 22.8 Å². The van der Waals surface area contributed by atoms with Gasteiger partial charge in [-0.2, -0.15) is 4.98 Å². The van der Waals surface area contributed by atoms with Crippen LogP contribution in [0.4, 0.5) is 0 Å². The predicted octanol–water partition coefficient (Wildman–Crippen LogP) is 8.43. The van der Waals surface area contributed by atoms with Crippen LogP contribution in [0.3, 0.4) is 0 Å². The van der Waals surface area contributed by atoms with E-state index in [0.717, 1.165) is 60.2 Å². The number of halogens is 1. The van der Waals surface area contributed by atoms with Crippen LogP contribution < -0.4 is 4.74 Å². The molecule has 4 aromatic rings. The monoisotopic (exact) mass is 647 g/mol. The second-order valence-electron chi connectivity index (χ2n) is 12.9. The van der Waals surface area contributed by atoms with Gasteiger partial charge in [0.25, 0.3) is 0 Å². The Hall–Kier alpha value is -3.53. The number of esters is 1. The molecular formula is C35H42ClN3O5Si. The molecule has 2 aromatic heterocycles. The van der Waals surface area contributed by atoms with Gasteiger partial charge in [-0.25, -0.2) is 4.98 Å². The summed E-state index contributed by atoms with van der Waals surface area (Å²) in [7, 11) is -1.25. The van der Waals surface area contributed by atoms with Crippen LogP contribution in [0.1, 0.15) is 49.4 Å². The molecule has 1 aliphatic carbocycles. The number of hydrogen-bond acceptors (Lipinski definition) is 7. The summed E-state index contributed by atoms with van der Waals surface area (Å²) in [5, 5.41) is 0.514. The molecule has 5 rings (SSSR count). The van der Waals surface area contributed by atoms with E-state index in [1.54, 1.807) is 0 Å². The fraction of sp³-hybridized carbons (Fsp3) is 0.429. The number of fused-ring (bicyclic) bond motifs is 1. The first-order valence-corrected chi connectivity index (χ1v) is 19.8. The van der Waals surface area contributed by atoms with E-state index in [2.05, 4.69) is 19.6 Å². The van der Waals surface area contributed by atoms with Crippen molar-refractivity contribution in [3.05, 3.63) is 65.2 Å². The van der Waals surface area contributed by atoms with E-state index in [-0.39, 0.29) is 12.1 Å². The number of benzene rings is 2. The fourth-order valence-corrected chi connectivity index (χ4v) is 6.60. The van der Waals surface area contributed by atoms with Crippen molar-refractivity contribution in [2.75, 3.05) is 13.2 Å². The fourth-order valence-electron chi connectivity index (χ4n) is 5.59. The van der Waals surface area contributed by atoms with Crippen LogP contribution in [0.15, 0.2) is 54.6 Å². The number of nitrogens with zero attached hydrogens (tertiary/aromatic N) is 3. The number of aromatic nitrogens is 3. The highest BCUT2D eigenvalue weighted by Gasteiger charge is 2.27. The number of carbonyl (C=O) groups is 2. The van der Waals surface area contributed by atoms with Gasteiger partial charge in [0.15, 0.2) is 5.65 Å². The number of hydrogen-bond donors (Lipinski definition) is 0. The zero-order valence-electron chi connectivity index (χ0n) is 26.6. The zero-order chi connectivity index (χ0) is 32.0. The van der Waals surface area contributed by atoms with Crippen LogP contribution in [0.5, 0.6) is 6.01 Å². The minimum absolute atomic E-state index is 0.0101. The van der Waals surface area contributed by atoms with Crippen molar-refractivity contribution in [1.29, 1.82) is 0 Å². The number of pyridine rings is 1. The van der Waals surface area contributed by atoms with Gasteiger partial charge in [0.2, 0.25) is 0 Å². The van der Waals surface area contributed by atoms with Gasteiger partial charge in [-0.3, -0.25) is 14.2 Å². The van der Waals surface area contributed by atoms with Crippen molar-refractivity contribution in [3.8, 4) is 28.4 Å². The summed E-state index contributed by atoms with van der Waals surface area (Å²) >= 11 is 6.85. The Kier molecular flexibility index (Phi) is 10.7. The van der Waals surface area contributed by atoms with Crippen LogP contribution in [-0.2, 0) is 21.0 Å². The van der Waals surface area contributed by atoms with E-state index in [1.165, 1.54) is 0 Å². The third kappa shape index (κ3) is 8.59. The van der Waals surface area contributed by atoms with Gasteiger partial charge in [0.1, 0.15) is 19.1 Å². The molecule has 0 bridgehead atoms. The molecule has 0 atom stereocenters. The summed E-state index contributed by atoms with van der Waals surface area (Å²) in [5.41, 5.74) is 5.51. The van der Waals surface area contributed by atoms with E-state index in [1.807, 2.05) is 66.1 Å². The van der Waals surface area contributed by atoms with Crippen molar-refractivity contribution >= 4 is 43.1 Å². The Bertz CT molecular complexity index is 1610. The maximum atomic E-state index is 12.0. The molecule has 1 saturated carbocycles. The second-order valence-corrected chi connectivity index (χ2v) is 18.9. The molecule has 10 heteroatoms. The van der Waals surface area contributed by atoms with Gasteiger partial charge in [-0.05, 0) is 61.8 Å². The lowest BCUT2D eigenvalue weighted by Crippen LogP contribution is -2.27. The standard InChI is InChI=1S/C35H42ClN3O5Si/c1-5-43-32(41)20-24-8-16-29(17-9-24)44-35-38-34-31(39(35)23-42-18-19-45(2,3)4)21-30(36)33(37-34)28-14-12-27(13-15-28)26-10-6-25(22-40)7-11-26/h6-7,10-15,21-22,24,29H,5,8-9,16-20,23H2,1-4H3. The van der Waals surface area contributed by atoms with Gasteiger partial charge in [-0.15, -0.1) is 0 Å². The van der Waals surface area contributed by atoms with Crippen molar-refractivity contribution < 1.29 is 23.8 Å². The van der Waals surface area contributed by atoms with Gasteiger partial charge >= 0.3 is 12.0 Å². The molecule has 2 heterocycles. The molecule has 0 unspecified atom stereocenters. The van der Waals surface area contributed by atoms with Gasteiger partial charge in [0, 0.05) is 32.2 Å². The highest BCUT2D eigenvalue weighted by molar-refractivity contribution is 6.76. The molecule has 0 N–H and O–H groups in total. The van der Waals surface area contributed by atoms with Crippen LogP contribution in [0.2, 0.25) is 30.7 Å². The van der Waals surface area contributed by atoms with E-state index in [0.29, 0.717) is 60.2 Å². The van der Waals surface area contributed by atoms with Crippen molar-refractivity contribution in [1.82, 2.24) is 14.5 Å². The third-order valence-corrected chi connectivity index (χ3v) is 10.2. The van der Waals surface area contributed by atoms with Gasteiger partial charge in [-0.1, -0.05) is 79.8 Å². The molecule has 238 valence electrons. The summed E-state index contributed by atoms with van der Waals surface area (Å²) in [6.07, 6.45) is 4.78. The third-order valence-electron chi connectivity index (χ3n) is 8.24. The topological polar surface area (TPSA) is 92.5 Å². The summed E-state index contributed by atoms with van der Waals surface area (Å²) in [5.74, 6) is 0.193. The first-order valence-electron chi connectivity index (χ1n) is 15.8. The Balaban J connectivity index is 1.37. The second kappa shape index (κ2) is 14.7. The van der Waals surface area contributed by atoms with Crippen LogP contribution in [-0.4, -0.2) is 54.2 Å². The molecule has 0 radical (unpaired) electrons. The SMILES string of the molecule is CCOC(=O)CC1CCC(Oc2nc3nc(-c4ccc(-c5ccc(C=O)cc5)cc4)c(Cl)cc3n2COCC[Si](C)(C)C)CC1. The molecule has 2 aromatic carbocycles. The minimum Gasteiger partial charge on any atom is -0.466 e. The van der Waals surface area contributed by atoms with Crippen molar-refractivity contribution in [2.45, 2.75) is 77.5 Å². The van der Waals surface area contributed by atoms with Crippen LogP contribution in [0.25, 0.3) is 33.5 Å². The van der Waals surface area contributed by atoms with E-state index < -0.39 is 8.07 Å². The summed E-state index contributed by atoms with van der Waals surface area (Å²) < 4.78 is 19.7. The lowest BCUT2D eigenvalue weighted by atomic mass is 9.85. The summed E-state index contributed by atoms with van der Waals surface area (Å²) in [4.78, 5) is 32.7. The van der Waals surface area contributed by atoms with Crippen LogP contribution >= 0.6 is 11.6 Å². The quantitative estimate of drug-likeness (QED) is 0.0622. The minimum atomic E-state index is -1.25. The van der Waals surface area contributed by atoms with Gasteiger partial charge < -0.3 is 14.2 Å². The number of carbonyl (C=O) groups excluding carboxylic acids is 2. The molecule has 45 heavy (non-hydrogen) atoms. The Morgan fingerprint density at radius 1 is 0.978 bits per heavy atom. The van der Waals surface area contributed by atoms with Crippen LogP contribution in [0, 0.1) is 5.92 Å². The molecular weight excluding hydrogens is 606 g/mol. The number of imidazole rings is 1.